The molecule has 0 N–H and O–H groups in total. The molecule has 0 aromatic carbocycles. The van der Waals surface area contributed by atoms with Crippen LogP contribution in [0.15, 0.2) is 0 Å². The molecule has 2 rings (SSSR count). The molecular formula is C16H26O4. The molecule has 2 fully saturated rings. The minimum absolute atomic E-state index is 0.0805. The first-order valence-electron chi connectivity index (χ1n) is 7.91. The lowest BCUT2D eigenvalue weighted by atomic mass is 9.67. The lowest BCUT2D eigenvalue weighted by Gasteiger charge is -2.37. The Morgan fingerprint density at radius 2 is 1.80 bits per heavy atom. The standard InChI is InChI=1S/C16H26O4/c1-3-19-15(20-4-2)14(18)12-11-16(8-5-6-9-16)10-7-13(12)17/h12,15H,3-11H2,1-2H3. The SMILES string of the molecule is CCOC(OCC)C(=O)C1CC2(CCCC2)CCC1=O. The van der Waals surface area contributed by atoms with E-state index in [0.717, 1.165) is 19.3 Å². The van der Waals surface area contributed by atoms with Gasteiger partial charge in [0.25, 0.3) is 0 Å². The molecule has 20 heavy (non-hydrogen) atoms. The summed E-state index contributed by atoms with van der Waals surface area (Å²) in [7, 11) is 0. The normalized spacial score (nSPS) is 25.6. The second-order valence-electron chi connectivity index (χ2n) is 6.08. The van der Waals surface area contributed by atoms with E-state index in [0.29, 0.717) is 26.1 Å². The van der Waals surface area contributed by atoms with Gasteiger partial charge in [-0.3, -0.25) is 9.59 Å². The summed E-state index contributed by atoms with van der Waals surface area (Å²) in [4.78, 5) is 24.7. The van der Waals surface area contributed by atoms with Gasteiger partial charge in [-0.1, -0.05) is 12.8 Å². The lowest BCUT2D eigenvalue weighted by molar-refractivity contribution is -0.175. The molecule has 2 aliphatic carbocycles. The van der Waals surface area contributed by atoms with Gasteiger partial charge in [-0.2, -0.15) is 0 Å². The van der Waals surface area contributed by atoms with Crippen molar-refractivity contribution < 1.29 is 19.1 Å². The third-order valence-corrected chi connectivity index (χ3v) is 4.80. The van der Waals surface area contributed by atoms with Crippen molar-refractivity contribution in [3.05, 3.63) is 0 Å². The second kappa shape index (κ2) is 6.81. The van der Waals surface area contributed by atoms with Gasteiger partial charge in [-0.05, 0) is 44.9 Å². The van der Waals surface area contributed by atoms with Gasteiger partial charge in [0.15, 0.2) is 5.78 Å². The Morgan fingerprint density at radius 1 is 1.20 bits per heavy atom. The van der Waals surface area contributed by atoms with Crippen LogP contribution in [-0.4, -0.2) is 31.1 Å². The van der Waals surface area contributed by atoms with Crippen LogP contribution in [0.1, 0.15) is 58.8 Å². The highest BCUT2D eigenvalue weighted by Crippen LogP contribution is 2.50. The summed E-state index contributed by atoms with van der Waals surface area (Å²) in [5, 5.41) is 0. The van der Waals surface area contributed by atoms with Gasteiger partial charge in [0, 0.05) is 19.6 Å². The molecule has 0 bridgehead atoms. The maximum atomic E-state index is 12.6. The van der Waals surface area contributed by atoms with Crippen LogP contribution in [0.2, 0.25) is 0 Å². The van der Waals surface area contributed by atoms with Gasteiger partial charge >= 0.3 is 0 Å². The molecule has 0 saturated heterocycles. The van der Waals surface area contributed by atoms with E-state index in [4.69, 9.17) is 9.47 Å². The molecule has 2 saturated carbocycles. The number of hydrogen-bond donors (Lipinski definition) is 0. The van der Waals surface area contributed by atoms with E-state index in [1.165, 1.54) is 12.8 Å². The van der Waals surface area contributed by atoms with Crippen molar-refractivity contribution in [2.24, 2.45) is 11.3 Å². The van der Waals surface area contributed by atoms with E-state index in [2.05, 4.69) is 0 Å². The highest BCUT2D eigenvalue weighted by Gasteiger charge is 2.46. The van der Waals surface area contributed by atoms with Gasteiger partial charge in [-0.15, -0.1) is 0 Å². The zero-order valence-electron chi connectivity index (χ0n) is 12.7. The van der Waals surface area contributed by atoms with Crippen molar-refractivity contribution in [2.75, 3.05) is 13.2 Å². The molecule has 2 aliphatic rings. The van der Waals surface area contributed by atoms with Crippen molar-refractivity contribution in [1.29, 1.82) is 0 Å². The molecule has 114 valence electrons. The first kappa shape index (κ1) is 15.6. The van der Waals surface area contributed by atoms with E-state index in [1.54, 1.807) is 0 Å². The predicted molar refractivity (Wildman–Crippen MR) is 75.3 cm³/mol. The Balaban J connectivity index is 2.07. The highest BCUT2D eigenvalue weighted by atomic mass is 16.7. The summed E-state index contributed by atoms with van der Waals surface area (Å²) in [5.74, 6) is -0.591. The van der Waals surface area contributed by atoms with Crippen LogP contribution < -0.4 is 0 Å². The molecule has 4 nitrogen and oxygen atoms in total. The van der Waals surface area contributed by atoms with Gasteiger partial charge < -0.3 is 9.47 Å². The van der Waals surface area contributed by atoms with Crippen molar-refractivity contribution in [1.82, 2.24) is 0 Å². The van der Waals surface area contributed by atoms with E-state index >= 15 is 0 Å². The third-order valence-electron chi connectivity index (χ3n) is 4.80. The fourth-order valence-electron chi connectivity index (χ4n) is 3.73. The van der Waals surface area contributed by atoms with Crippen LogP contribution in [-0.2, 0) is 19.1 Å². The molecule has 0 radical (unpaired) electrons. The van der Waals surface area contributed by atoms with Gasteiger partial charge in [0.1, 0.15) is 5.78 Å². The number of Topliss-reactive ketones (excluding diaryl/α,β-unsaturated/α-hetero) is 2. The third kappa shape index (κ3) is 3.29. The lowest BCUT2D eigenvalue weighted by Crippen LogP contribution is -2.42. The number of carbonyl (C=O) groups is 2. The fourth-order valence-corrected chi connectivity index (χ4v) is 3.73. The van der Waals surface area contributed by atoms with Crippen molar-refractivity contribution >= 4 is 11.6 Å². The monoisotopic (exact) mass is 282 g/mol. The molecule has 0 heterocycles. The number of carbonyl (C=O) groups excluding carboxylic acids is 2. The number of rotatable bonds is 6. The van der Waals surface area contributed by atoms with Gasteiger partial charge in [-0.25, -0.2) is 0 Å². The summed E-state index contributed by atoms with van der Waals surface area (Å²) in [6, 6.07) is 0. The first-order valence-corrected chi connectivity index (χ1v) is 7.91. The van der Waals surface area contributed by atoms with Crippen LogP contribution in [0.4, 0.5) is 0 Å². The number of ether oxygens (including phenoxy) is 2. The first-order chi connectivity index (χ1) is 9.62. The van der Waals surface area contributed by atoms with E-state index in [1.807, 2.05) is 13.8 Å². The second-order valence-corrected chi connectivity index (χ2v) is 6.08. The fraction of sp³-hybridized carbons (Fsp3) is 0.875. The summed E-state index contributed by atoms with van der Waals surface area (Å²) in [5.41, 5.74) is 0.233. The molecule has 4 heteroatoms. The van der Waals surface area contributed by atoms with Crippen LogP contribution >= 0.6 is 0 Å². The minimum atomic E-state index is -0.865. The van der Waals surface area contributed by atoms with Crippen LogP contribution in [0.5, 0.6) is 0 Å². The summed E-state index contributed by atoms with van der Waals surface area (Å²) < 4.78 is 10.7. The van der Waals surface area contributed by atoms with Crippen molar-refractivity contribution in [3.63, 3.8) is 0 Å². The summed E-state index contributed by atoms with van der Waals surface area (Å²) in [6.45, 7) is 4.51. The Kier molecular flexibility index (Phi) is 5.33. The molecule has 0 amide bonds. The Bertz CT molecular complexity index is 351. The zero-order valence-corrected chi connectivity index (χ0v) is 12.7. The molecule has 0 aliphatic heterocycles. The topological polar surface area (TPSA) is 52.6 Å². The summed E-state index contributed by atoms with van der Waals surface area (Å²) >= 11 is 0. The Labute approximate surface area is 121 Å². The smallest absolute Gasteiger partial charge is 0.218 e. The number of ketones is 2. The quantitative estimate of drug-likeness (QED) is 0.555. The van der Waals surface area contributed by atoms with Crippen LogP contribution in [0, 0.1) is 11.3 Å². The predicted octanol–water partition coefficient (Wildman–Crippen LogP) is 2.88. The molecule has 0 aromatic heterocycles. The number of hydrogen-bond acceptors (Lipinski definition) is 4. The van der Waals surface area contributed by atoms with Gasteiger partial charge in [0.2, 0.25) is 6.29 Å². The zero-order chi connectivity index (χ0) is 14.6. The van der Waals surface area contributed by atoms with Crippen molar-refractivity contribution in [2.45, 2.75) is 65.1 Å². The summed E-state index contributed by atoms with van der Waals surface area (Å²) in [6.07, 6.45) is 6.14. The van der Waals surface area contributed by atoms with Crippen molar-refractivity contribution in [3.8, 4) is 0 Å². The van der Waals surface area contributed by atoms with E-state index < -0.39 is 12.2 Å². The maximum absolute atomic E-state index is 12.6. The molecule has 1 unspecified atom stereocenters. The molecule has 1 spiro atoms. The molecular weight excluding hydrogens is 256 g/mol. The Morgan fingerprint density at radius 3 is 2.35 bits per heavy atom. The van der Waals surface area contributed by atoms with E-state index in [9.17, 15) is 9.59 Å². The Hall–Kier alpha value is -0.740. The largest absolute Gasteiger partial charge is 0.346 e. The average Bonchev–Trinajstić information content (AvgIpc) is 2.89. The molecule has 1 atom stereocenters. The average molecular weight is 282 g/mol. The van der Waals surface area contributed by atoms with Crippen LogP contribution in [0.25, 0.3) is 0 Å². The van der Waals surface area contributed by atoms with Gasteiger partial charge in [0.05, 0.1) is 5.92 Å². The van der Waals surface area contributed by atoms with E-state index in [-0.39, 0.29) is 17.0 Å². The highest BCUT2D eigenvalue weighted by molar-refractivity contribution is 6.04. The molecule has 0 aromatic rings. The minimum Gasteiger partial charge on any atom is -0.346 e. The van der Waals surface area contributed by atoms with Crippen LogP contribution in [0.3, 0.4) is 0 Å². The maximum Gasteiger partial charge on any atom is 0.218 e.